The average Bonchev–Trinajstić information content (AvgIpc) is 2.87. The number of amides is 1. The van der Waals surface area contributed by atoms with E-state index in [9.17, 15) is 9.59 Å². The van der Waals surface area contributed by atoms with E-state index in [1.165, 1.54) is 0 Å². The molecule has 134 valence electrons. The molecular weight excluding hydrogens is 340 g/mol. The van der Waals surface area contributed by atoms with E-state index >= 15 is 0 Å². The van der Waals surface area contributed by atoms with Crippen LogP contribution >= 0.6 is 11.6 Å². The van der Waals surface area contributed by atoms with Gasteiger partial charge in [0.25, 0.3) is 5.91 Å². The number of aromatic nitrogens is 1. The van der Waals surface area contributed by atoms with E-state index in [1.807, 2.05) is 50.5 Å². The van der Waals surface area contributed by atoms with Crippen LogP contribution < -0.4 is 5.32 Å². The summed E-state index contributed by atoms with van der Waals surface area (Å²) in [6.45, 7) is 8.09. The fraction of sp³-hybridized carbons (Fsp3) is 0.368. The van der Waals surface area contributed by atoms with Crippen molar-refractivity contribution in [3.8, 4) is 0 Å². The maximum Gasteiger partial charge on any atom is 0.340 e. The number of esters is 1. The van der Waals surface area contributed by atoms with E-state index in [0.717, 1.165) is 23.5 Å². The lowest BCUT2D eigenvalue weighted by Crippen LogP contribution is -2.31. The predicted molar refractivity (Wildman–Crippen MR) is 97.9 cm³/mol. The van der Waals surface area contributed by atoms with Crippen LogP contribution in [0.3, 0.4) is 0 Å². The van der Waals surface area contributed by atoms with Gasteiger partial charge in [-0.15, -0.1) is 0 Å². The maximum absolute atomic E-state index is 12.2. The zero-order chi connectivity index (χ0) is 18.6. The van der Waals surface area contributed by atoms with Gasteiger partial charge in [-0.3, -0.25) is 4.79 Å². The van der Waals surface area contributed by atoms with Gasteiger partial charge in [0.2, 0.25) is 0 Å². The van der Waals surface area contributed by atoms with Gasteiger partial charge in [0, 0.05) is 23.0 Å². The minimum atomic E-state index is -0.492. The molecule has 0 saturated carbocycles. The van der Waals surface area contributed by atoms with Crippen molar-refractivity contribution >= 4 is 23.5 Å². The summed E-state index contributed by atoms with van der Waals surface area (Å²) >= 11 is 6.12. The van der Waals surface area contributed by atoms with E-state index < -0.39 is 5.97 Å². The minimum absolute atomic E-state index is 0.273. The summed E-state index contributed by atoms with van der Waals surface area (Å²) in [6, 6.07) is 8.81. The van der Waals surface area contributed by atoms with E-state index in [0.29, 0.717) is 10.6 Å². The molecule has 5 nitrogen and oxygen atoms in total. The Morgan fingerprint density at radius 3 is 2.56 bits per heavy atom. The van der Waals surface area contributed by atoms with Crippen molar-refractivity contribution in [3.05, 3.63) is 57.9 Å². The van der Waals surface area contributed by atoms with Gasteiger partial charge in [-0.2, -0.15) is 0 Å². The molecule has 2 aromatic rings. The van der Waals surface area contributed by atoms with E-state index in [-0.39, 0.29) is 18.6 Å². The molecule has 1 aromatic heterocycles. The van der Waals surface area contributed by atoms with Gasteiger partial charge in [0.15, 0.2) is 6.61 Å². The summed E-state index contributed by atoms with van der Waals surface area (Å²) in [5.74, 6) is -0.863. The number of ether oxygens (including phenoxy) is 1. The Morgan fingerprint density at radius 1 is 1.28 bits per heavy atom. The highest BCUT2D eigenvalue weighted by molar-refractivity contribution is 6.31. The second-order valence-electron chi connectivity index (χ2n) is 5.92. The van der Waals surface area contributed by atoms with E-state index in [2.05, 4.69) is 5.32 Å². The van der Waals surface area contributed by atoms with Crippen LogP contribution in [0.1, 0.15) is 47.2 Å². The Balaban J connectivity index is 1.94. The van der Waals surface area contributed by atoms with Crippen molar-refractivity contribution < 1.29 is 14.3 Å². The highest BCUT2D eigenvalue weighted by Crippen LogP contribution is 2.22. The van der Waals surface area contributed by atoms with Crippen molar-refractivity contribution in [1.82, 2.24) is 9.88 Å². The van der Waals surface area contributed by atoms with Gasteiger partial charge in [-0.1, -0.05) is 29.8 Å². The third kappa shape index (κ3) is 4.42. The molecule has 1 atom stereocenters. The Labute approximate surface area is 152 Å². The molecular formula is C19H23ClN2O3. The number of benzene rings is 1. The summed E-state index contributed by atoms with van der Waals surface area (Å²) in [6.07, 6.45) is 0. The van der Waals surface area contributed by atoms with Crippen molar-refractivity contribution in [3.63, 3.8) is 0 Å². The van der Waals surface area contributed by atoms with Crippen LogP contribution in [0, 0.1) is 13.8 Å². The number of carbonyl (C=O) groups excluding carboxylic acids is 2. The highest BCUT2D eigenvalue weighted by atomic mass is 35.5. The first-order valence-electron chi connectivity index (χ1n) is 8.22. The number of aryl methyl sites for hydroxylation is 1. The summed E-state index contributed by atoms with van der Waals surface area (Å²) in [7, 11) is 0. The molecule has 0 unspecified atom stereocenters. The number of hydrogen-bond acceptors (Lipinski definition) is 3. The summed E-state index contributed by atoms with van der Waals surface area (Å²) in [4.78, 5) is 24.3. The van der Waals surface area contributed by atoms with E-state index in [1.54, 1.807) is 12.1 Å². The monoisotopic (exact) mass is 362 g/mol. The quantitative estimate of drug-likeness (QED) is 0.795. The topological polar surface area (TPSA) is 60.3 Å². The van der Waals surface area contributed by atoms with Gasteiger partial charge >= 0.3 is 5.97 Å². The number of hydrogen-bond donors (Lipinski definition) is 1. The largest absolute Gasteiger partial charge is 0.452 e. The Morgan fingerprint density at radius 2 is 1.96 bits per heavy atom. The molecule has 25 heavy (non-hydrogen) atoms. The number of nitrogens with zero attached hydrogens (tertiary/aromatic N) is 1. The summed E-state index contributed by atoms with van der Waals surface area (Å²) < 4.78 is 7.18. The molecule has 0 aliphatic heterocycles. The summed E-state index contributed by atoms with van der Waals surface area (Å²) in [5, 5.41) is 3.36. The lowest BCUT2D eigenvalue weighted by atomic mass is 10.1. The SMILES string of the molecule is CCn1c(C)cc(C(=O)OCC(=O)N[C@H](C)c2ccccc2Cl)c1C. The first-order valence-corrected chi connectivity index (χ1v) is 8.60. The van der Waals surface area contributed by atoms with Gasteiger partial charge < -0.3 is 14.6 Å². The highest BCUT2D eigenvalue weighted by Gasteiger charge is 2.18. The standard InChI is InChI=1S/C19H23ClN2O3/c1-5-22-12(2)10-16(14(22)4)19(24)25-11-18(23)21-13(3)15-8-6-7-9-17(15)20/h6-10,13H,5,11H2,1-4H3,(H,21,23)/t13-/m1/s1. The van der Waals surface area contributed by atoms with Crippen LogP contribution in [0.4, 0.5) is 0 Å². The lowest BCUT2D eigenvalue weighted by Gasteiger charge is -2.15. The van der Waals surface area contributed by atoms with Gasteiger partial charge in [-0.05, 0) is 45.4 Å². The minimum Gasteiger partial charge on any atom is -0.452 e. The van der Waals surface area contributed by atoms with Crippen LogP contribution in [-0.4, -0.2) is 23.1 Å². The molecule has 1 N–H and O–H groups in total. The van der Waals surface area contributed by atoms with E-state index in [4.69, 9.17) is 16.3 Å². The fourth-order valence-corrected chi connectivity index (χ4v) is 3.19. The molecule has 0 saturated heterocycles. The first kappa shape index (κ1) is 19.1. The maximum atomic E-state index is 12.2. The molecule has 1 aromatic carbocycles. The zero-order valence-corrected chi connectivity index (χ0v) is 15.7. The predicted octanol–water partition coefficient (Wildman–Crippen LogP) is 3.81. The van der Waals surface area contributed by atoms with Crippen LogP contribution in [0.15, 0.2) is 30.3 Å². The third-order valence-corrected chi connectivity index (χ3v) is 4.54. The Bertz CT molecular complexity index is 783. The van der Waals surface area contributed by atoms with Gasteiger partial charge in [0.05, 0.1) is 11.6 Å². The number of halogens is 1. The molecule has 6 heteroatoms. The van der Waals surface area contributed by atoms with Crippen molar-refractivity contribution in [1.29, 1.82) is 0 Å². The zero-order valence-electron chi connectivity index (χ0n) is 14.9. The number of nitrogens with one attached hydrogen (secondary N) is 1. The lowest BCUT2D eigenvalue weighted by molar-refractivity contribution is -0.124. The molecule has 0 fully saturated rings. The van der Waals surface area contributed by atoms with Gasteiger partial charge in [0.1, 0.15) is 0 Å². The molecule has 2 rings (SSSR count). The molecule has 0 aliphatic rings. The molecule has 0 bridgehead atoms. The average molecular weight is 363 g/mol. The summed E-state index contributed by atoms with van der Waals surface area (Å²) in [5.41, 5.74) is 3.14. The normalized spacial score (nSPS) is 11.9. The van der Waals surface area contributed by atoms with Crippen molar-refractivity contribution in [2.45, 2.75) is 40.3 Å². The van der Waals surface area contributed by atoms with Gasteiger partial charge in [-0.25, -0.2) is 4.79 Å². The second kappa shape index (κ2) is 8.21. The first-order chi connectivity index (χ1) is 11.8. The third-order valence-electron chi connectivity index (χ3n) is 4.19. The Hall–Kier alpha value is -2.27. The molecule has 0 spiro atoms. The van der Waals surface area contributed by atoms with Crippen LogP contribution in [0.5, 0.6) is 0 Å². The van der Waals surface area contributed by atoms with Crippen LogP contribution in [-0.2, 0) is 16.1 Å². The van der Waals surface area contributed by atoms with Crippen LogP contribution in [0.2, 0.25) is 5.02 Å². The van der Waals surface area contributed by atoms with Crippen molar-refractivity contribution in [2.24, 2.45) is 0 Å². The Kier molecular flexibility index (Phi) is 6.26. The fourth-order valence-electron chi connectivity index (χ4n) is 2.89. The molecule has 1 heterocycles. The molecule has 1 amide bonds. The molecule has 0 aliphatic carbocycles. The molecule has 0 radical (unpaired) electrons. The second-order valence-corrected chi connectivity index (χ2v) is 6.32. The van der Waals surface area contributed by atoms with Crippen molar-refractivity contribution in [2.75, 3.05) is 6.61 Å². The number of carbonyl (C=O) groups is 2. The van der Waals surface area contributed by atoms with Crippen LogP contribution in [0.25, 0.3) is 0 Å². The smallest absolute Gasteiger partial charge is 0.340 e. The number of rotatable bonds is 6.